The molecule has 0 radical (unpaired) electrons. The van der Waals surface area contributed by atoms with Crippen LogP contribution >= 0.6 is 0 Å². The second-order valence-corrected chi connectivity index (χ2v) is 7.18. The van der Waals surface area contributed by atoms with E-state index in [2.05, 4.69) is 14.0 Å². The zero-order valence-electron chi connectivity index (χ0n) is 12.9. The van der Waals surface area contributed by atoms with Crippen LogP contribution in [-0.4, -0.2) is 56.4 Å². The molecule has 1 rings (SSSR count). The van der Waals surface area contributed by atoms with Gasteiger partial charge in [0.1, 0.15) is 0 Å². The highest BCUT2D eigenvalue weighted by Gasteiger charge is 2.83. The van der Waals surface area contributed by atoms with E-state index in [0.29, 0.717) is 0 Å². The van der Waals surface area contributed by atoms with E-state index in [9.17, 15) is 52.5 Å². The lowest BCUT2D eigenvalue weighted by Gasteiger charge is -2.34. The fraction of sp³-hybridized carbons (Fsp3) is 1.00. The Balaban J connectivity index is 0.000000593. The highest BCUT2D eigenvalue weighted by atomic mass is 32.2. The Morgan fingerprint density at radius 3 is 1.48 bits per heavy atom. The number of piperidine rings is 1. The topological polar surface area (TPSA) is 61.6 Å². The van der Waals surface area contributed by atoms with Crippen LogP contribution in [0.1, 0.15) is 19.8 Å². The van der Waals surface area contributed by atoms with Crippen molar-refractivity contribution in [3.05, 3.63) is 0 Å². The molecule has 1 fully saturated rings. The first-order valence-electron chi connectivity index (χ1n) is 6.76. The van der Waals surface area contributed by atoms with Gasteiger partial charge in [-0.05, 0) is 18.8 Å². The van der Waals surface area contributed by atoms with Crippen LogP contribution in [0.15, 0.2) is 0 Å². The van der Waals surface area contributed by atoms with E-state index in [1.165, 1.54) is 25.9 Å². The maximum atomic E-state index is 12.2. The van der Waals surface area contributed by atoms with Crippen LogP contribution in [0.3, 0.4) is 0 Å². The van der Waals surface area contributed by atoms with Gasteiger partial charge in [-0.15, -0.1) is 0 Å². The number of hydrogen-bond acceptors (Lipinski definition) is 3. The van der Waals surface area contributed by atoms with E-state index in [1.807, 2.05) is 0 Å². The molecule has 4 nitrogen and oxygen atoms in total. The second kappa shape index (κ2) is 7.47. The molecule has 1 heterocycles. The third-order valence-electron chi connectivity index (χ3n) is 3.56. The first-order chi connectivity index (χ1) is 10.8. The van der Waals surface area contributed by atoms with Gasteiger partial charge in [-0.1, -0.05) is 6.92 Å². The molecule has 0 aromatic rings. The van der Waals surface area contributed by atoms with Crippen molar-refractivity contribution in [2.45, 2.75) is 43.0 Å². The van der Waals surface area contributed by atoms with E-state index < -0.39 is 33.4 Å². The van der Waals surface area contributed by atoms with E-state index in [0.717, 1.165) is 5.92 Å². The van der Waals surface area contributed by atoms with Crippen molar-refractivity contribution >= 4 is 10.1 Å². The minimum atomic E-state index is -7.43. The summed E-state index contributed by atoms with van der Waals surface area (Å²) in [5.74, 6) is -13.8. The number of likely N-dealkylation sites (tertiary alicyclic amines) is 1. The number of alkyl halides is 9. The fourth-order valence-corrected chi connectivity index (χ4v) is 2.21. The van der Waals surface area contributed by atoms with Crippen molar-refractivity contribution in [1.82, 2.24) is 0 Å². The molecule has 0 saturated carbocycles. The lowest BCUT2D eigenvalue weighted by Crippen LogP contribution is -3.10. The Kier molecular flexibility index (Phi) is 7.24. The van der Waals surface area contributed by atoms with E-state index >= 15 is 0 Å². The SMILES string of the molecule is CC1CC[NH+](C)CC1.O=S(=O)([O-])C(F)(F)C(F)(F)C(F)(F)C(F)(F)F. The molecule has 1 saturated heterocycles. The van der Waals surface area contributed by atoms with E-state index in [-0.39, 0.29) is 0 Å². The minimum Gasteiger partial charge on any atom is -0.743 e. The maximum absolute atomic E-state index is 12.2. The summed E-state index contributed by atoms with van der Waals surface area (Å²) in [4.78, 5) is 1.71. The molecule has 1 N–H and O–H groups in total. The Bertz CT molecular complexity index is 529. The molecule has 0 unspecified atom stereocenters. The van der Waals surface area contributed by atoms with E-state index in [1.54, 1.807) is 4.90 Å². The molecular formula is C11H16F9NO3S. The van der Waals surface area contributed by atoms with Crippen LogP contribution in [0.25, 0.3) is 0 Å². The van der Waals surface area contributed by atoms with Gasteiger partial charge in [0, 0.05) is 0 Å². The van der Waals surface area contributed by atoms with Crippen LogP contribution < -0.4 is 4.90 Å². The normalized spacial score (nSPS) is 23.7. The van der Waals surface area contributed by atoms with Gasteiger partial charge in [-0.2, -0.15) is 39.5 Å². The smallest absolute Gasteiger partial charge is 0.460 e. The zero-order valence-corrected chi connectivity index (χ0v) is 13.8. The summed E-state index contributed by atoms with van der Waals surface area (Å²) in [6, 6.07) is 0. The largest absolute Gasteiger partial charge is 0.743 e. The van der Waals surface area contributed by atoms with Gasteiger partial charge in [-0.25, -0.2) is 8.42 Å². The monoisotopic (exact) mass is 413 g/mol. The molecule has 152 valence electrons. The Labute approximate surface area is 137 Å². The summed E-state index contributed by atoms with van der Waals surface area (Å²) in [5, 5.41) is -7.11. The highest BCUT2D eigenvalue weighted by Crippen LogP contribution is 2.54. The summed E-state index contributed by atoms with van der Waals surface area (Å²) < 4.78 is 135. The Morgan fingerprint density at radius 2 is 1.24 bits per heavy atom. The van der Waals surface area contributed by atoms with Gasteiger partial charge < -0.3 is 9.45 Å². The predicted molar refractivity (Wildman–Crippen MR) is 65.6 cm³/mol. The molecule has 0 atom stereocenters. The molecule has 14 heteroatoms. The third-order valence-corrected chi connectivity index (χ3v) is 4.44. The molecule has 0 spiro atoms. The summed E-state index contributed by atoms with van der Waals surface area (Å²) in [7, 11) is -5.13. The third kappa shape index (κ3) is 5.12. The molecular weight excluding hydrogens is 397 g/mol. The number of rotatable bonds is 3. The highest BCUT2D eigenvalue weighted by molar-refractivity contribution is 7.86. The number of quaternary nitrogens is 1. The van der Waals surface area contributed by atoms with Crippen molar-refractivity contribution in [3.63, 3.8) is 0 Å². The number of nitrogens with one attached hydrogen (secondary N) is 1. The Hall–Kier alpha value is -0.760. The van der Waals surface area contributed by atoms with Gasteiger partial charge in [-0.3, -0.25) is 0 Å². The molecule has 1 aliphatic rings. The number of hydrogen-bond donors (Lipinski definition) is 1. The summed E-state index contributed by atoms with van der Waals surface area (Å²) >= 11 is 0. The molecule has 0 aromatic carbocycles. The minimum absolute atomic E-state index is 0.999. The number of halogens is 9. The van der Waals surface area contributed by atoms with E-state index in [4.69, 9.17) is 0 Å². The van der Waals surface area contributed by atoms with Gasteiger partial charge in [0.05, 0.1) is 20.1 Å². The first kappa shape index (κ1) is 24.2. The fourth-order valence-electron chi connectivity index (χ4n) is 1.77. The summed E-state index contributed by atoms with van der Waals surface area (Å²) in [6.07, 6.45) is -4.29. The first-order valence-corrected chi connectivity index (χ1v) is 8.16. The summed E-state index contributed by atoms with van der Waals surface area (Å²) in [6.45, 7) is 5.13. The molecule has 0 bridgehead atoms. The van der Waals surface area contributed by atoms with Crippen molar-refractivity contribution in [3.8, 4) is 0 Å². The van der Waals surface area contributed by atoms with Crippen molar-refractivity contribution in [2.75, 3.05) is 20.1 Å². The molecule has 0 amide bonds. The lowest BCUT2D eigenvalue weighted by atomic mass is 10.00. The molecule has 0 aromatic heterocycles. The Morgan fingerprint density at radius 1 is 0.880 bits per heavy atom. The van der Waals surface area contributed by atoms with Gasteiger partial charge in [0.15, 0.2) is 10.1 Å². The maximum Gasteiger partial charge on any atom is 0.460 e. The average Bonchev–Trinajstić information content (AvgIpc) is 2.40. The van der Waals surface area contributed by atoms with Gasteiger partial charge in [0.25, 0.3) is 0 Å². The van der Waals surface area contributed by atoms with Crippen LogP contribution in [0.5, 0.6) is 0 Å². The van der Waals surface area contributed by atoms with Crippen LogP contribution in [0.2, 0.25) is 0 Å². The van der Waals surface area contributed by atoms with Crippen molar-refractivity contribution < 1.29 is 57.4 Å². The zero-order chi connectivity index (χ0) is 20.5. The van der Waals surface area contributed by atoms with Crippen LogP contribution in [0.4, 0.5) is 39.5 Å². The molecule has 0 aliphatic carbocycles. The lowest BCUT2D eigenvalue weighted by molar-refractivity contribution is -0.885. The summed E-state index contributed by atoms with van der Waals surface area (Å²) in [5.41, 5.74) is 0. The molecule has 1 aliphatic heterocycles. The van der Waals surface area contributed by atoms with Crippen molar-refractivity contribution in [2.24, 2.45) is 5.92 Å². The average molecular weight is 413 g/mol. The van der Waals surface area contributed by atoms with Gasteiger partial charge >= 0.3 is 23.3 Å². The quantitative estimate of drug-likeness (QED) is 0.568. The van der Waals surface area contributed by atoms with Crippen LogP contribution in [-0.2, 0) is 10.1 Å². The van der Waals surface area contributed by atoms with Crippen LogP contribution in [0, 0.1) is 5.92 Å². The van der Waals surface area contributed by atoms with Gasteiger partial charge in [0.2, 0.25) is 0 Å². The standard InChI is InChI=1S/C7H15N.C4HF9O3S/c1-7-3-5-8(2)6-4-7;5-1(6,3(9,10)11)2(7,8)4(12,13)17(14,15)16/h7H,3-6H2,1-2H3;(H,14,15,16). The second-order valence-electron chi connectivity index (χ2n) is 5.76. The molecule has 25 heavy (non-hydrogen) atoms. The van der Waals surface area contributed by atoms with Crippen molar-refractivity contribution in [1.29, 1.82) is 0 Å². The predicted octanol–water partition coefficient (Wildman–Crippen LogP) is 1.89.